The summed E-state index contributed by atoms with van der Waals surface area (Å²) in [5, 5.41) is 0. The molecule has 3 nitrogen and oxygen atoms in total. The van der Waals surface area contributed by atoms with Gasteiger partial charge in [-0.25, -0.2) is 9.18 Å². The Hall–Kier alpha value is -2.49. The lowest BCUT2D eigenvalue weighted by Crippen LogP contribution is -2.09. The first-order valence-corrected chi connectivity index (χ1v) is 7.70. The number of carbonyl (C=O) groups is 2. The van der Waals surface area contributed by atoms with E-state index in [1.807, 2.05) is 12.1 Å². The first-order chi connectivity index (χ1) is 11.1. The normalized spacial score (nSPS) is 10.3. The minimum Gasteiger partial charge on any atom is -0.423 e. The van der Waals surface area contributed by atoms with Crippen LogP contribution in [0.15, 0.2) is 42.5 Å². The van der Waals surface area contributed by atoms with E-state index in [1.54, 1.807) is 12.1 Å². The van der Waals surface area contributed by atoms with Gasteiger partial charge in [0.15, 0.2) is 6.29 Å². The molecule has 0 aliphatic rings. The summed E-state index contributed by atoms with van der Waals surface area (Å²) < 4.78 is 18.7. The van der Waals surface area contributed by atoms with Gasteiger partial charge in [0, 0.05) is 0 Å². The Labute approximate surface area is 135 Å². The van der Waals surface area contributed by atoms with E-state index in [9.17, 15) is 14.0 Å². The van der Waals surface area contributed by atoms with Crippen LogP contribution in [0.5, 0.6) is 5.75 Å². The summed E-state index contributed by atoms with van der Waals surface area (Å²) in [5.41, 5.74) is 1.18. The zero-order valence-electron chi connectivity index (χ0n) is 13.0. The van der Waals surface area contributed by atoms with E-state index in [0.29, 0.717) is 12.0 Å². The van der Waals surface area contributed by atoms with E-state index in [-0.39, 0.29) is 11.1 Å². The van der Waals surface area contributed by atoms with Gasteiger partial charge in [0.25, 0.3) is 0 Å². The second kappa shape index (κ2) is 8.22. The molecule has 0 aliphatic carbocycles. The van der Waals surface area contributed by atoms with Gasteiger partial charge in [0.1, 0.15) is 11.6 Å². The third-order valence-electron chi connectivity index (χ3n) is 3.57. The van der Waals surface area contributed by atoms with Crippen molar-refractivity contribution in [3.63, 3.8) is 0 Å². The predicted octanol–water partition coefficient (Wildman–Crippen LogP) is 4.59. The Kier molecular flexibility index (Phi) is 6.03. The standard InChI is InChI=1S/C19H19FO3/c1-2-3-4-5-14-6-10-17(11-7-14)23-19(22)15-8-9-16(13-21)18(20)12-15/h6-13H,2-5H2,1H3. The number of esters is 1. The summed E-state index contributed by atoms with van der Waals surface area (Å²) in [6.45, 7) is 2.16. The highest BCUT2D eigenvalue weighted by Gasteiger charge is 2.11. The second-order valence-corrected chi connectivity index (χ2v) is 5.34. The largest absolute Gasteiger partial charge is 0.423 e. The first kappa shape index (κ1) is 16.9. The second-order valence-electron chi connectivity index (χ2n) is 5.34. The van der Waals surface area contributed by atoms with E-state index < -0.39 is 11.8 Å². The molecule has 0 saturated carbocycles. The highest BCUT2D eigenvalue weighted by molar-refractivity contribution is 5.92. The molecule has 0 heterocycles. The Morgan fingerprint density at radius 3 is 2.48 bits per heavy atom. The summed E-state index contributed by atoms with van der Waals surface area (Å²) in [6, 6.07) is 10.9. The topological polar surface area (TPSA) is 43.4 Å². The van der Waals surface area contributed by atoms with Crippen LogP contribution in [0.25, 0.3) is 0 Å². The third kappa shape index (κ3) is 4.74. The summed E-state index contributed by atoms with van der Waals surface area (Å²) >= 11 is 0. The maximum atomic E-state index is 13.5. The fourth-order valence-corrected chi connectivity index (χ4v) is 2.22. The van der Waals surface area contributed by atoms with Crippen LogP contribution in [0.1, 0.15) is 52.5 Å². The number of benzene rings is 2. The fourth-order valence-electron chi connectivity index (χ4n) is 2.22. The lowest BCUT2D eigenvalue weighted by molar-refractivity contribution is 0.0733. The van der Waals surface area contributed by atoms with Crippen molar-refractivity contribution in [3.05, 3.63) is 65.0 Å². The van der Waals surface area contributed by atoms with E-state index in [1.165, 1.54) is 30.5 Å². The molecule has 0 radical (unpaired) electrons. The molecule has 0 amide bonds. The van der Waals surface area contributed by atoms with Crippen LogP contribution >= 0.6 is 0 Å². The molecule has 0 N–H and O–H groups in total. The molecule has 4 heteroatoms. The Morgan fingerprint density at radius 2 is 1.87 bits per heavy atom. The first-order valence-electron chi connectivity index (χ1n) is 7.70. The molecule has 2 aromatic rings. The van der Waals surface area contributed by atoms with E-state index in [0.717, 1.165) is 18.9 Å². The number of ether oxygens (including phenoxy) is 1. The van der Waals surface area contributed by atoms with Crippen LogP contribution in [-0.4, -0.2) is 12.3 Å². The van der Waals surface area contributed by atoms with Crippen molar-refractivity contribution >= 4 is 12.3 Å². The molecule has 120 valence electrons. The molecular weight excluding hydrogens is 295 g/mol. The van der Waals surface area contributed by atoms with Crippen LogP contribution < -0.4 is 4.74 Å². The van der Waals surface area contributed by atoms with Crippen molar-refractivity contribution < 1.29 is 18.7 Å². The summed E-state index contributed by atoms with van der Waals surface area (Å²) in [4.78, 5) is 22.6. The zero-order chi connectivity index (χ0) is 16.7. The number of rotatable bonds is 7. The van der Waals surface area contributed by atoms with Gasteiger partial charge in [-0.05, 0) is 48.7 Å². The quantitative estimate of drug-likeness (QED) is 0.325. The zero-order valence-corrected chi connectivity index (χ0v) is 13.0. The van der Waals surface area contributed by atoms with Crippen molar-refractivity contribution in [1.82, 2.24) is 0 Å². The highest BCUT2D eigenvalue weighted by Crippen LogP contribution is 2.17. The van der Waals surface area contributed by atoms with Crippen molar-refractivity contribution in [1.29, 1.82) is 0 Å². The minimum atomic E-state index is -0.735. The van der Waals surface area contributed by atoms with Gasteiger partial charge in [0.05, 0.1) is 11.1 Å². The summed E-state index contributed by atoms with van der Waals surface area (Å²) in [6.07, 6.45) is 4.91. The lowest BCUT2D eigenvalue weighted by atomic mass is 10.1. The maximum Gasteiger partial charge on any atom is 0.343 e. The Balaban J connectivity index is 1.99. The molecule has 0 atom stereocenters. The van der Waals surface area contributed by atoms with Crippen molar-refractivity contribution in [2.24, 2.45) is 0 Å². The van der Waals surface area contributed by atoms with Gasteiger partial charge in [-0.1, -0.05) is 31.9 Å². The van der Waals surface area contributed by atoms with Crippen LogP contribution in [0, 0.1) is 5.82 Å². The van der Waals surface area contributed by atoms with E-state index >= 15 is 0 Å². The van der Waals surface area contributed by atoms with Crippen LogP contribution in [-0.2, 0) is 6.42 Å². The number of hydrogen-bond acceptors (Lipinski definition) is 3. The molecule has 0 saturated heterocycles. The molecule has 0 fully saturated rings. The van der Waals surface area contributed by atoms with E-state index in [2.05, 4.69) is 6.92 Å². The monoisotopic (exact) mass is 314 g/mol. The number of aryl methyl sites for hydroxylation is 1. The SMILES string of the molecule is CCCCCc1ccc(OC(=O)c2ccc(C=O)c(F)c2)cc1. The number of unbranched alkanes of at least 4 members (excludes halogenated alkanes) is 2. The van der Waals surface area contributed by atoms with Gasteiger partial charge in [-0.15, -0.1) is 0 Å². The number of aldehydes is 1. The average Bonchev–Trinajstić information content (AvgIpc) is 2.56. The molecular formula is C19H19FO3. The lowest BCUT2D eigenvalue weighted by Gasteiger charge is -2.06. The van der Waals surface area contributed by atoms with Crippen molar-refractivity contribution in [2.45, 2.75) is 32.6 Å². The van der Waals surface area contributed by atoms with Crippen LogP contribution in [0.3, 0.4) is 0 Å². The Morgan fingerprint density at radius 1 is 1.13 bits per heavy atom. The minimum absolute atomic E-state index is 0.0696. The summed E-state index contributed by atoms with van der Waals surface area (Å²) in [5.74, 6) is -0.977. The molecule has 23 heavy (non-hydrogen) atoms. The van der Waals surface area contributed by atoms with Gasteiger partial charge < -0.3 is 4.74 Å². The molecule has 0 aromatic heterocycles. The highest BCUT2D eigenvalue weighted by atomic mass is 19.1. The van der Waals surface area contributed by atoms with Crippen LogP contribution in [0.2, 0.25) is 0 Å². The average molecular weight is 314 g/mol. The van der Waals surface area contributed by atoms with Crippen LogP contribution in [0.4, 0.5) is 4.39 Å². The van der Waals surface area contributed by atoms with E-state index in [4.69, 9.17) is 4.74 Å². The number of halogens is 1. The van der Waals surface area contributed by atoms with Gasteiger partial charge in [-0.2, -0.15) is 0 Å². The van der Waals surface area contributed by atoms with Gasteiger partial charge in [0.2, 0.25) is 0 Å². The fraction of sp³-hybridized carbons (Fsp3) is 0.263. The molecule has 0 aliphatic heterocycles. The summed E-state index contributed by atoms with van der Waals surface area (Å²) in [7, 11) is 0. The molecule has 0 unspecified atom stereocenters. The number of carbonyl (C=O) groups excluding carboxylic acids is 2. The Bertz CT molecular complexity index is 678. The number of hydrogen-bond donors (Lipinski definition) is 0. The molecule has 0 bridgehead atoms. The third-order valence-corrected chi connectivity index (χ3v) is 3.57. The maximum absolute atomic E-state index is 13.5. The molecule has 2 rings (SSSR count). The smallest absolute Gasteiger partial charge is 0.343 e. The van der Waals surface area contributed by atoms with Crippen molar-refractivity contribution in [3.8, 4) is 5.75 Å². The van der Waals surface area contributed by atoms with Gasteiger partial charge in [-0.3, -0.25) is 4.79 Å². The van der Waals surface area contributed by atoms with Crippen molar-refractivity contribution in [2.75, 3.05) is 0 Å². The predicted molar refractivity (Wildman–Crippen MR) is 86.4 cm³/mol. The van der Waals surface area contributed by atoms with Gasteiger partial charge >= 0.3 is 5.97 Å². The molecule has 2 aromatic carbocycles. The molecule has 0 spiro atoms.